The van der Waals surface area contributed by atoms with Crippen LogP contribution in [-0.4, -0.2) is 54.9 Å². The topological polar surface area (TPSA) is 157 Å². The number of unbranched alkanes of at least 4 members (excludes halogenated alkanes) is 2. The average molecular weight is 565 g/mol. The normalized spacial score (nSPS) is 13.7. The number of anilines is 2. The monoisotopic (exact) mass is 564 g/mol. The van der Waals surface area contributed by atoms with Crippen LogP contribution in [0.15, 0.2) is 35.4 Å². The first-order valence-electron chi connectivity index (χ1n) is 13.5. The molecule has 0 saturated heterocycles. The van der Waals surface area contributed by atoms with E-state index in [0.717, 1.165) is 29.5 Å². The number of nitrogens with zero attached hydrogens (tertiary/aromatic N) is 2. The van der Waals surface area contributed by atoms with Crippen LogP contribution < -0.4 is 35.6 Å². The van der Waals surface area contributed by atoms with Gasteiger partial charge in [0.05, 0.1) is 33.1 Å². The van der Waals surface area contributed by atoms with Crippen molar-refractivity contribution in [2.75, 3.05) is 38.5 Å². The van der Waals surface area contributed by atoms with Gasteiger partial charge in [-0.1, -0.05) is 12.5 Å². The molecule has 3 aromatic rings. The minimum atomic E-state index is -0.368. The van der Waals surface area contributed by atoms with Crippen molar-refractivity contribution >= 4 is 23.5 Å². The van der Waals surface area contributed by atoms with Gasteiger partial charge in [0.2, 0.25) is 28.9 Å². The minimum absolute atomic E-state index is 0.133. The zero-order valence-corrected chi connectivity index (χ0v) is 23.8. The molecule has 1 heterocycles. The van der Waals surface area contributed by atoms with E-state index < -0.39 is 0 Å². The van der Waals surface area contributed by atoms with E-state index in [0.29, 0.717) is 66.7 Å². The summed E-state index contributed by atoms with van der Waals surface area (Å²) in [5.41, 5.74) is 3.52. The molecule has 1 atom stereocenters. The van der Waals surface area contributed by atoms with Gasteiger partial charge in [-0.15, -0.1) is 0 Å². The molecule has 0 unspecified atom stereocenters. The molecule has 0 bridgehead atoms. The maximum atomic E-state index is 13.4. The highest BCUT2D eigenvalue weighted by molar-refractivity contribution is 5.88. The molecule has 0 radical (unpaired) electrons. The molecule has 2 amide bonds. The van der Waals surface area contributed by atoms with Crippen molar-refractivity contribution in [3.05, 3.63) is 51.9 Å². The fraction of sp³-hybridized carbons (Fsp3) is 0.414. The summed E-state index contributed by atoms with van der Waals surface area (Å²) >= 11 is 0. The van der Waals surface area contributed by atoms with E-state index in [1.54, 1.807) is 33.5 Å². The molecule has 2 aromatic carbocycles. The lowest BCUT2D eigenvalue weighted by Crippen LogP contribution is -2.26. The third-order valence-electron chi connectivity index (χ3n) is 6.98. The Morgan fingerprint density at radius 1 is 1.05 bits per heavy atom. The van der Waals surface area contributed by atoms with Gasteiger partial charge < -0.3 is 24.8 Å². The van der Waals surface area contributed by atoms with Crippen molar-refractivity contribution in [3.63, 3.8) is 0 Å². The van der Waals surface area contributed by atoms with Gasteiger partial charge in [-0.05, 0) is 60.6 Å². The number of aromatic nitrogens is 3. The number of benzene rings is 1. The fourth-order valence-corrected chi connectivity index (χ4v) is 5.12. The first-order chi connectivity index (χ1) is 19.9. The lowest BCUT2D eigenvalue weighted by atomic mass is 9.95. The number of nitrogens with one attached hydrogen (secondary N) is 4. The third-order valence-corrected chi connectivity index (χ3v) is 6.98. The molecule has 41 heavy (non-hydrogen) atoms. The van der Waals surface area contributed by atoms with Crippen molar-refractivity contribution in [1.29, 1.82) is 0 Å². The van der Waals surface area contributed by atoms with Gasteiger partial charge in [0.15, 0.2) is 11.5 Å². The SMILES string of the molecule is COc1cc2c(c(OC)c1OC)-c1ccc(NCCCCCC(=O)Nc3ncn[nH]3)c(=O)cc1[C@@H](NC(C)=O)CC2. The van der Waals surface area contributed by atoms with Crippen molar-refractivity contribution in [3.8, 4) is 28.4 Å². The smallest absolute Gasteiger partial charge is 0.226 e. The largest absolute Gasteiger partial charge is 0.493 e. The molecular formula is C29H36N6O6. The number of aromatic amines is 1. The van der Waals surface area contributed by atoms with Crippen LogP contribution in [0, 0.1) is 0 Å². The van der Waals surface area contributed by atoms with Crippen LogP contribution >= 0.6 is 0 Å². The van der Waals surface area contributed by atoms with Crippen LogP contribution in [0.3, 0.4) is 0 Å². The van der Waals surface area contributed by atoms with Gasteiger partial charge in [-0.2, -0.15) is 10.1 Å². The summed E-state index contributed by atoms with van der Waals surface area (Å²) in [6.45, 7) is 2.03. The van der Waals surface area contributed by atoms with E-state index in [1.165, 1.54) is 13.3 Å². The lowest BCUT2D eigenvalue weighted by Gasteiger charge is -2.19. The Hall–Kier alpha value is -4.61. The predicted molar refractivity (Wildman–Crippen MR) is 155 cm³/mol. The van der Waals surface area contributed by atoms with Gasteiger partial charge >= 0.3 is 0 Å². The predicted octanol–water partition coefficient (Wildman–Crippen LogP) is 3.59. The molecule has 218 valence electrons. The summed E-state index contributed by atoms with van der Waals surface area (Å²) < 4.78 is 17.0. The van der Waals surface area contributed by atoms with Gasteiger partial charge in [0, 0.05) is 25.5 Å². The number of H-pyrrole nitrogens is 1. The summed E-state index contributed by atoms with van der Waals surface area (Å²) in [7, 11) is 4.69. The van der Waals surface area contributed by atoms with E-state index >= 15 is 0 Å². The molecular weight excluding hydrogens is 528 g/mol. The Bertz CT molecular complexity index is 1440. The minimum Gasteiger partial charge on any atom is -0.493 e. The van der Waals surface area contributed by atoms with E-state index in [4.69, 9.17) is 14.2 Å². The Labute approximate surface area is 238 Å². The zero-order valence-electron chi connectivity index (χ0n) is 23.8. The average Bonchev–Trinajstić information content (AvgIpc) is 3.35. The second-order valence-electron chi connectivity index (χ2n) is 9.72. The van der Waals surface area contributed by atoms with Crippen LogP contribution in [0.25, 0.3) is 11.1 Å². The quantitative estimate of drug-likeness (QED) is 0.241. The molecule has 0 saturated carbocycles. The van der Waals surface area contributed by atoms with E-state index in [1.807, 2.05) is 12.1 Å². The highest BCUT2D eigenvalue weighted by Gasteiger charge is 2.29. The number of amides is 2. The van der Waals surface area contributed by atoms with Crippen molar-refractivity contribution < 1.29 is 23.8 Å². The molecule has 12 heteroatoms. The van der Waals surface area contributed by atoms with Crippen LogP contribution in [0.4, 0.5) is 11.6 Å². The number of fused-ring (bicyclic) bond motifs is 3. The van der Waals surface area contributed by atoms with E-state index in [-0.39, 0.29) is 23.3 Å². The Kier molecular flexibility index (Phi) is 9.77. The van der Waals surface area contributed by atoms with Crippen molar-refractivity contribution in [2.24, 2.45) is 0 Å². The first-order valence-corrected chi connectivity index (χ1v) is 13.5. The second-order valence-corrected chi connectivity index (χ2v) is 9.72. The first kappa shape index (κ1) is 29.4. The van der Waals surface area contributed by atoms with Crippen molar-refractivity contribution in [2.45, 2.75) is 51.5 Å². The maximum Gasteiger partial charge on any atom is 0.226 e. The van der Waals surface area contributed by atoms with Gasteiger partial charge in [0.25, 0.3) is 0 Å². The number of carbonyl (C=O) groups is 2. The molecule has 0 fully saturated rings. The maximum absolute atomic E-state index is 13.4. The summed E-state index contributed by atoms with van der Waals surface area (Å²) in [5.74, 6) is 1.53. The van der Waals surface area contributed by atoms with Crippen LogP contribution in [0.1, 0.15) is 56.2 Å². The van der Waals surface area contributed by atoms with E-state index in [2.05, 4.69) is 31.1 Å². The Morgan fingerprint density at radius 3 is 2.54 bits per heavy atom. The van der Waals surface area contributed by atoms with Crippen LogP contribution in [0.2, 0.25) is 0 Å². The molecule has 12 nitrogen and oxygen atoms in total. The number of hydrogen-bond acceptors (Lipinski definition) is 9. The van der Waals surface area contributed by atoms with Gasteiger partial charge in [-0.3, -0.25) is 19.7 Å². The number of methoxy groups -OCH3 is 3. The van der Waals surface area contributed by atoms with E-state index in [9.17, 15) is 14.4 Å². The summed E-state index contributed by atoms with van der Waals surface area (Å²) in [6.07, 6.45) is 5.19. The highest BCUT2D eigenvalue weighted by atomic mass is 16.5. The summed E-state index contributed by atoms with van der Waals surface area (Å²) in [5, 5.41) is 15.2. The lowest BCUT2D eigenvalue weighted by molar-refractivity contribution is -0.119. The van der Waals surface area contributed by atoms with Crippen LogP contribution in [0.5, 0.6) is 17.2 Å². The number of carbonyl (C=O) groups excluding carboxylic acids is 2. The number of aryl methyl sites for hydroxylation is 1. The summed E-state index contributed by atoms with van der Waals surface area (Å²) in [6, 6.07) is 6.81. The number of rotatable bonds is 12. The van der Waals surface area contributed by atoms with Crippen molar-refractivity contribution in [1.82, 2.24) is 20.5 Å². The molecule has 4 N–H and O–H groups in total. The standard InChI is InChI=1S/C29H36N6O6/c1-17(36)33-21-11-9-18-14-24(39-2)27(40-3)28(41-4)26(18)19-10-12-22(23(37)15-20(19)21)30-13-7-5-6-8-25(38)34-29-31-16-32-35-29/h10,12,14-16,21H,5-9,11,13H2,1-4H3,(H,30,37)(H,33,36)(H2,31,32,34,35,38)/t21-/m0/s1. The third kappa shape index (κ3) is 6.94. The molecule has 0 spiro atoms. The molecule has 1 aliphatic rings. The number of ether oxygens (including phenoxy) is 3. The summed E-state index contributed by atoms with van der Waals surface area (Å²) in [4.78, 5) is 41.3. The molecule has 0 aliphatic heterocycles. The highest BCUT2D eigenvalue weighted by Crippen LogP contribution is 2.50. The fourth-order valence-electron chi connectivity index (χ4n) is 5.12. The van der Waals surface area contributed by atoms with Gasteiger partial charge in [-0.25, -0.2) is 5.10 Å². The molecule has 1 aromatic heterocycles. The second kappa shape index (κ2) is 13.6. The van der Waals surface area contributed by atoms with Gasteiger partial charge in [0.1, 0.15) is 6.33 Å². The Morgan fingerprint density at radius 2 is 1.85 bits per heavy atom. The van der Waals surface area contributed by atoms with Crippen LogP contribution in [-0.2, 0) is 16.0 Å². The molecule has 1 aliphatic carbocycles. The number of hydrogen-bond donors (Lipinski definition) is 4. The zero-order chi connectivity index (χ0) is 29.4. The molecule has 4 rings (SSSR count). The Balaban J connectivity index is 1.56.